The average Bonchev–Trinajstić information content (AvgIpc) is 3.40. The monoisotopic (exact) mass is 394 g/mol. The lowest BCUT2D eigenvalue weighted by Gasteiger charge is -2.04. The van der Waals surface area contributed by atoms with Crippen LogP contribution in [0.25, 0.3) is 16.9 Å². The Labute approximate surface area is 163 Å². The number of benzene rings is 2. The first-order valence-electron chi connectivity index (χ1n) is 7.97. The number of carbonyl (C=O) groups excluding carboxylic acids is 1. The second-order valence-electron chi connectivity index (χ2n) is 5.53. The van der Waals surface area contributed by atoms with Gasteiger partial charge < -0.3 is 0 Å². The molecule has 7 nitrogen and oxygen atoms in total. The first kappa shape index (κ1) is 17.4. The van der Waals surface area contributed by atoms with Gasteiger partial charge in [-0.2, -0.15) is 0 Å². The van der Waals surface area contributed by atoms with Crippen LogP contribution in [0, 0.1) is 0 Å². The van der Waals surface area contributed by atoms with Crippen molar-refractivity contribution in [1.82, 2.24) is 25.2 Å². The molecule has 4 aromatic rings. The number of aromatic nitrogens is 5. The van der Waals surface area contributed by atoms with Crippen LogP contribution in [-0.2, 0) is 0 Å². The van der Waals surface area contributed by atoms with Crippen molar-refractivity contribution < 1.29 is 4.79 Å². The van der Waals surface area contributed by atoms with Crippen molar-refractivity contribution >= 4 is 34.1 Å². The lowest BCUT2D eigenvalue weighted by Crippen LogP contribution is -2.12. The van der Waals surface area contributed by atoms with Crippen LogP contribution in [0.5, 0.6) is 0 Å². The lowest BCUT2D eigenvalue weighted by atomic mass is 10.2. The smallest absolute Gasteiger partial charge is 0.257 e. The average molecular weight is 394 g/mol. The highest BCUT2D eigenvalue weighted by Gasteiger charge is 2.11. The summed E-state index contributed by atoms with van der Waals surface area (Å²) < 4.78 is 1.50. The number of nitrogens with zero attached hydrogens (tertiary/aromatic N) is 5. The number of tetrazole rings is 1. The summed E-state index contributed by atoms with van der Waals surface area (Å²) in [6.07, 6.45) is 3.52. The summed E-state index contributed by atoms with van der Waals surface area (Å²) >= 11 is 3.09. The first-order valence-corrected chi connectivity index (χ1v) is 10.1. The number of thioether (sulfide) groups is 1. The second kappa shape index (κ2) is 7.68. The molecule has 1 N–H and O–H groups in total. The minimum atomic E-state index is -0.233. The third-order valence-corrected chi connectivity index (χ3v) is 5.33. The molecule has 134 valence electrons. The van der Waals surface area contributed by atoms with Crippen LogP contribution in [0.15, 0.2) is 65.1 Å². The lowest BCUT2D eigenvalue weighted by molar-refractivity contribution is 0.102. The Bertz CT molecular complexity index is 1060. The number of thiazole rings is 1. The third-order valence-electron chi connectivity index (χ3n) is 3.83. The predicted molar refractivity (Wildman–Crippen MR) is 106 cm³/mol. The molecule has 2 heterocycles. The Morgan fingerprint density at radius 2 is 2.04 bits per heavy atom. The molecule has 0 aliphatic rings. The van der Waals surface area contributed by atoms with E-state index in [1.54, 1.807) is 30.0 Å². The van der Waals surface area contributed by atoms with E-state index in [2.05, 4.69) is 38.0 Å². The summed E-state index contributed by atoms with van der Waals surface area (Å²) in [6.45, 7) is 0. The minimum Gasteiger partial charge on any atom is -0.298 e. The maximum Gasteiger partial charge on any atom is 0.257 e. The van der Waals surface area contributed by atoms with E-state index in [4.69, 9.17) is 0 Å². The van der Waals surface area contributed by atoms with Crippen molar-refractivity contribution in [3.05, 3.63) is 65.8 Å². The molecule has 0 aliphatic heterocycles. The fourth-order valence-electron chi connectivity index (χ4n) is 2.46. The highest BCUT2D eigenvalue weighted by molar-refractivity contribution is 7.98. The summed E-state index contributed by atoms with van der Waals surface area (Å²) in [5, 5.41) is 16.4. The Morgan fingerprint density at radius 1 is 1.19 bits per heavy atom. The molecule has 0 aliphatic carbocycles. The van der Waals surface area contributed by atoms with Gasteiger partial charge in [0.1, 0.15) is 6.33 Å². The molecule has 0 saturated carbocycles. The van der Waals surface area contributed by atoms with Crippen molar-refractivity contribution in [2.45, 2.75) is 4.90 Å². The number of anilines is 1. The summed E-state index contributed by atoms with van der Waals surface area (Å²) in [5.74, 6) is -0.233. The molecule has 9 heteroatoms. The van der Waals surface area contributed by atoms with Crippen LogP contribution >= 0.6 is 23.1 Å². The SMILES string of the molecule is CSc1ccc(-c2csc(NC(=O)c3cccc(-n4cnnn4)c3)n2)cc1. The van der Waals surface area contributed by atoms with Gasteiger partial charge in [-0.25, -0.2) is 9.67 Å². The number of hydrogen-bond donors (Lipinski definition) is 1. The van der Waals surface area contributed by atoms with Crippen LogP contribution in [0.4, 0.5) is 5.13 Å². The summed E-state index contributed by atoms with van der Waals surface area (Å²) in [4.78, 5) is 18.3. The van der Waals surface area contributed by atoms with Crippen LogP contribution in [0.1, 0.15) is 10.4 Å². The highest BCUT2D eigenvalue weighted by atomic mass is 32.2. The molecular weight excluding hydrogens is 380 g/mol. The van der Waals surface area contributed by atoms with Gasteiger partial charge in [0.05, 0.1) is 11.4 Å². The van der Waals surface area contributed by atoms with E-state index in [0.717, 1.165) is 11.3 Å². The zero-order valence-corrected chi connectivity index (χ0v) is 15.9. The molecular formula is C18H14N6OS2. The van der Waals surface area contributed by atoms with Crippen LogP contribution in [0.2, 0.25) is 0 Å². The standard InChI is InChI=1S/C18H14N6OS2/c1-26-15-7-5-12(6-8-15)16-10-27-18(20-16)21-17(25)13-3-2-4-14(9-13)24-11-19-22-23-24/h2-11H,1H3,(H,20,21,25). The highest BCUT2D eigenvalue weighted by Crippen LogP contribution is 2.27. The largest absolute Gasteiger partial charge is 0.298 e. The van der Waals surface area contributed by atoms with E-state index in [9.17, 15) is 4.79 Å². The van der Waals surface area contributed by atoms with Gasteiger partial charge >= 0.3 is 0 Å². The normalized spacial score (nSPS) is 10.7. The molecule has 0 saturated heterocycles. The number of carbonyl (C=O) groups is 1. The van der Waals surface area contributed by atoms with E-state index >= 15 is 0 Å². The van der Waals surface area contributed by atoms with Gasteiger partial charge in [-0.15, -0.1) is 28.2 Å². The quantitative estimate of drug-likeness (QED) is 0.519. The van der Waals surface area contributed by atoms with Gasteiger partial charge in [0.25, 0.3) is 5.91 Å². The van der Waals surface area contributed by atoms with Crippen LogP contribution in [0.3, 0.4) is 0 Å². The molecule has 0 spiro atoms. The fraction of sp³-hybridized carbons (Fsp3) is 0.0556. The zero-order valence-electron chi connectivity index (χ0n) is 14.2. The van der Waals surface area contributed by atoms with E-state index in [0.29, 0.717) is 16.4 Å². The first-order chi connectivity index (χ1) is 13.2. The molecule has 0 radical (unpaired) electrons. The van der Waals surface area contributed by atoms with Crippen molar-refractivity contribution in [3.8, 4) is 16.9 Å². The summed E-state index contributed by atoms with van der Waals surface area (Å²) in [7, 11) is 0. The second-order valence-corrected chi connectivity index (χ2v) is 7.26. The zero-order chi connectivity index (χ0) is 18.6. The molecule has 0 atom stereocenters. The third kappa shape index (κ3) is 3.88. The Morgan fingerprint density at radius 3 is 2.78 bits per heavy atom. The van der Waals surface area contributed by atoms with Crippen molar-refractivity contribution in [3.63, 3.8) is 0 Å². The van der Waals surface area contributed by atoms with Crippen LogP contribution in [-0.4, -0.2) is 37.4 Å². The Kier molecular flexibility index (Phi) is 4.95. The molecule has 0 fully saturated rings. The molecule has 27 heavy (non-hydrogen) atoms. The molecule has 1 amide bonds. The number of nitrogens with one attached hydrogen (secondary N) is 1. The van der Waals surface area contributed by atoms with E-state index in [1.807, 2.05) is 29.8 Å². The number of amides is 1. The predicted octanol–water partition coefficient (Wildman–Crippen LogP) is 3.76. The summed E-state index contributed by atoms with van der Waals surface area (Å²) in [5.41, 5.74) is 3.07. The van der Waals surface area contributed by atoms with Gasteiger partial charge in [-0.05, 0) is 47.0 Å². The maximum atomic E-state index is 12.6. The van der Waals surface area contributed by atoms with Gasteiger partial charge in [-0.1, -0.05) is 18.2 Å². The fourth-order valence-corrected chi connectivity index (χ4v) is 3.59. The summed E-state index contributed by atoms with van der Waals surface area (Å²) in [6, 6.07) is 15.2. The van der Waals surface area contributed by atoms with Gasteiger partial charge in [0.15, 0.2) is 5.13 Å². The number of rotatable bonds is 5. The topological polar surface area (TPSA) is 85.6 Å². The Balaban J connectivity index is 1.50. The van der Waals surface area contributed by atoms with Gasteiger partial charge in [0.2, 0.25) is 0 Å². The van der Waals surface area contributed by atoms with E-state index < -0.39 is 0 Å². The number of hydrogen-bond acceptors (Lipinski definition) is 7. The van der Waals surface area contributed by atoms with Crippen molar-refractivity contribution in [2.24, 2.45) is 0 Å². The maximum absolute atomic E-state index is 12.6. The molecule has 0 bridgehead atoms. The molecule has 4 rings (SSSR count). The van der Waals surface area contributed by atoms with E-state index in [1.165, 1.54) is 27.2 Å². The van der Waals surface area contributed by atoms with Gasteiger partial charge in [0, 0.05) is 21.4 Å². The van der Waals surface area contributed by atoms with Crippen LogP contribution < -0.4 is 5.32 Å². The molecule has 2 aromatic carbocycles. The molecule has 0 unspecified atom stereocenters. The van der Waals surface area contributed by atoms with Crippen molar-refractivity contribution in [1.29, 1.82) is 0 Å². The van der Waals surface area contributed by atoms with Crippen molar-refractivity contribution in [2.75, 3.05) is 11.6 Å². The minimum absolute atomic E-state index is 0.233. The van der Waals surface area contributed by atoms with E-state index in [-0.39, 0.29) is 5.91 Å². The molecule has 2 aromatic heterocycles. The van der Waals surface area contributed by atoms with Gasteiger partial charge in [-0.3, -0.25) is 10.1 Å². The Hall–Kier alpha value is -3.04.